The van der Waals surface area contributed by atoms with Crippen molar-refractivity contribution in [1.82, 2.24) is 15.5 Å². The first-order chi connectivity index (χ1) is 14.1. The third-order valence-electron chi connectivity index (χ3n) is 5.37. The van der Waals surface area contributed by atoms with Gasteiger partial charge in [0.1, 0.15) is 12.1 Å². The van der Waals surface area contributed by atoms with Crippen LogP contribution in [0.15, 0.2) is 42.5 Å². The molecule has 1 atom stereocenters. The van der Waals surface area contributed by atoms with E-state index in [0.29, 0.717) is 11.3 Å². The maximum absolute atomic E-state index is 12.9. The van der Waals surface area contributed by atoms with Crippen LogP contribution in [0.5, 0.6) is 0 Å². The Balaban J connectivity index is 1.67. The number of carbonyl (C=O) groups is 4. The van der Waals surface area contributed by atoms with E-state index in [4.69, 9.17) is 0 Å². The smallest absolute Gasteiger partial charge is 0.319 e. The minimum Gasteiger partial charge on any atom is -0.319 e. The molecule has 0 radical (unpaired) electrons. The van der Waals surface area contributed by atoms with Crippen LogP contribution >= 0.6 is 0 Å². The molecule has 156 valence electrons. The number of nitrogens with one attached hydrogen (secondary N) is 3. The Morgan fingerprint density at radius 1 is 1.00 bits per heavy atom. The Labute approximate surface area is 174 Å². The van der Waals surface area contributed by atoms with E-state index in [1.165, 1.54) is 0 Å². The van der Waals surface area contributed by atoms with Crippen LogP contribution in [0.4, 0.5) is 15.3 Å². The SMILES string of the molecule is Cc1ccccc1C1(C)NC(=O)N(CC(=O)NC(=O)Nc2cccc(C)c2C)C1=O. The van der Waals surface area contributed by atoms with Gasteiger partial charge in [-0.05, 0) is 56.0 Å². The Morgan fingerprint density at radius 3 is 2.37 bits per heavy atom. The second kappa shape index (κ2) is 7.98. The third kappa shape index (κ3) is 3.89. The molecule has 2 aromatic rings. The first-order valence-corrected chi connectivity index (χ1v) is 9.50. The van der Waals surface area contributed by atoms with Crippen molar-refractivity contribution in [1.29, 1.82) is 0 Å². The lowest BCUT2D eigenvalue weighted by Gasteiger charge is -2.24. The van der Waals surface area contributed by atoms with E-state index in [1.54, 1.807) is 31.2 Å². The fourth-order valence-corrected chi connectivity index (χ4v) is 3.51. The lowest BCUT2D eigenvalue weighted by Crippen LogP contribution is -2.45. The zero-order valence-corrected chi connectivity index (χ0v) is 17.3. The Kier molecular flexibility index (Phi) is 5.60. The number of hydrogen-bond donors (Lipinski definition) is 3. The fourth-order valence-electron chi connectivity index (χ4n) is 3.51. The van der Waals surface area contributed by atoms with E-state index in [1.807, 2.05) is 39.0 Å². The van der Waals surface area contributed by atoms with Crippen LogP contribution in [0.3, 0.4) is 0 Å². The fraction of sp³-hybridized carbons (Fsp3) is 0.273. The second-order valence-corrected chi connectivity index (χ2v) is 7.51. The number of anilines is 1. The molecule has 1 heterocycles. The molecule has 0 aromatic heterocycles. The van der Waals surface area contributed by atoms with Crippen molar-refractivity contribution >= 4 is 29.6 Å². The molecule has 1 unspecified atom stereocenters. The lowest BCUT2D eigenvalue weighted by molar-refractivity contribution is -0.134. The van der Waals surface area contributed by atoms with Crippen molar-refractivity contribution in [3.8, 4) is 0 Å². The van der Waals surface area contributed by atoms with Gasteiger partial charge < -0.3 is 10.6 Å². The summed E-state index contributed by atoms with van der Waals surface area (Å²) in [7, 11) is 0. The summed E-state index contributed by atoms with van der Waals surface area (Å²) in [6.45, 7) is 6.64. The molecule has 2 aromatic carbocycles. The van der Waals surface area contributed by atoms with Crippen LogP contribution in [0.1, 0.15) is 29.2 Å². The first kappa shape index (κ1) is 21.0. The topological polar surface area (TPSA) is 108 Å². The van der Waals surface area contributed by atoms with E-state index >= 15 is 0 Å². The van der Waals surface area contributed by atoms with Gasteiger partial charge in [0.05, 0.1) is 0 Å². The van der Waals surface area contributed by atoms with E-state index < -0.39 is 36.0 Å². The molecule has 1 saturated heterocycles. The molecule has 1 aliphatic heterocycles. The van der Waals surface area contributed by atoms with Gasteiger partial charge in [-0.25, -0.2) is 9.59 Å². The molecule has 0 saturated carbocycles. The molecule has 8 nitrogen and oxygen atoms in total. The molecule has 0 spiro atoms. The normalized spacial score (nSPS) is 18.2. The van der Waals surface area contributed by atoms with Gasteiger partial charge >= 0.3 is 12.1 Å². The van der Waals surface area contributed by atoms with Crippen molar-refractivity contribution < 1.29 is 19.2 Å². The van der Waals surface area contributed by atoms with Crippen molar-refractivity contribution in [2.75, 3.05) is 11.9 Å². The molecule has 3 N–H and O–H groups in total. The van der Waals surface area contributed by atoms with Gasteiger partial charge in [-0.3, -0.25) is 19.8 Å². The van der Waals surface area contributed by atoms with Crippen molar-refractivity contribution in [3.63, 3.8) is 0 Å². The molecular weight excluding hydrogens is 384 g/mol. The first-order valence-electron chi connectivity index (χ1n) is 9.50. The monoisotopic (exact) mass is 408 g/mol. The van der Waals surface area contributed by atoms with Crippen molar-refractivity contribution in [2.45, 2.75) is 33.2 Å². The Bertz CT molecular complexity index is 1050. The molecule has 1 aliphatic rings. The highest BCUT2D eigenvalue weighted by Gasteiger charge is 2.50. The third-order valence-corrected chi connectivity index (χ3v) is 5.37. The van der Waals surface area contributed by atoms with Crippen LogP contribution in [0.25, 0.3) is 0 Å². The van der Waals surface area contributed by atoms with Gasteiger partial charge in [-0.15, -0.1) is 0 Å². The molecule has 8 heteroatoms. The maximum Gasteiger partial charge on any atom is 0.325 e. The van der Waals surface area contributed by atoms with Gasteiger partial charge in [0, 0.05) is 5.69 Å². The van der Waals surface area contributed by atoms with E-state index in [0.717, 1.165) is 21.6 Å². The van der Waals surface area contributed by atoms with Gasteiger partial charge in [0.25, 0.3) is 5.91 Å². The van der Waals surface area contributed by atoms with Crippen LogP contribution in [0.2, 0.25) is 0 Å². The number of carbonyl (C=O) groups excluding carboxylic acids is 4. The van der Waals surface area contributed by atoms with Gasteiger partial charge in [-0.1, -0.05) is 36.4 Å². The van der Waals surface area contributed by atoms with Gasteiger partial charge in [0.2, 0.25) is 5.91 Å². The molecule has 30 heavy (non-hydrogen) atoms. The maximum atomic E-state index is 12.9. The van der Waals surface area contributed by atoms with Crippen LogP contribution in [-0.4, -0.2) is 35.3 Å². The number of hydrogen-bond acceptors (Lipinski definition) is 4. The van der Waals surface area contributed by atoms with Crippen LogP contribution < -0.4 is 16.0 Å². The highest BCUT2D eigenvalue weighted by molar-refractivity contribution is 6.11. The predicted octanol–water partition coefficient (Wildman–Crippen LogP) is 2.73. The molecule has 6 amide bonds. The summed E-state index contributed by atoms with van der Waals surface area (Å²) in [4.78, 5) is 50.6. The highest BCUT2D eigenvalue weighted by atomic mass is 16.2. The number of rotatable bonds is 4. The number of aryl methyl sites for hydroxylation is 2. The minimum atomic E-state index is -1.27. The van der Waals surface area contributed by atoms with Crippen molar-refractivity contribution in [2.24, 2.45) is 0 Å². The Hall–Kier alpha value is -3.68. The molecule has 3 rings (SSSR count). The summed E-state index contributed by atoms with van der Waals surface area (Å²) in [5, 5.41) is 7.42. The summed E-state index contributed by atoms with van der Waals surface area (Å²) >= 11 is 0. The van der Waals surface area contributed by atoms with Crippen LogP contribution in [-0.2, 0) is 15.1 Å². The average Bonchev–Trinajstić information content (AvgIpc) is 2.89. The summed E-state index contributed by atoms with van der Waals surface area (Å²) in [6.07, 6.45) is 0. The predicted molar refractivity (Wildman–Crippen MR) is 112 cm³/mol. The van der Waals surface area contributed by atoms with Gasteiger partial charge in [0.15, 0.2) is 0 Å². The average molecular weight is 408 g/mol. The minimum absolute atomic E-state index is 0.549. The largest absolute Gasteiger partial charge is 0.325 e. The van der Waals surface area contributed by atoms with E-state index in [2.05, 4.69) is 16.0 Å². The molecular formula is C22H24N4O4. The zero-order valence-electron chi connectivity index (χ0n) is 17.3. The number of benzene rings is 2. The molecule has 0 aliphatic carbocycles. The molecule has 0 bridgehead atoms. The van der Waals surface area contributed by atoms with E-state index in [9.17, 15) is 19.2 Å². The second-order valence-electron chi connectivity index (χ2n) is 7.51. The summed E-state index contributed by atoms with van der Waals surface area (Å²) in [5.74, 6) is -1.32. The van der Waals surface area contributed by atoms with Gasteiger partial charge in [-0.2, -0.15) is 0 Å². The van der Waals surface area contributed by atoms with Crippen molar-refractivity contribution in [3.05, 3.63) is 64.7 Å². The lowest BCUT2D eigenvalue weighted by atomic mass is 9.88. The quantitative estimate of drug-likeness (QED) is 0.676. The summed E-state index contributed by atoms with van der Waals surface area (Å²) in [5.41, 5.74) is 2.66. The highest BCUT2D eigenvalue weighted by Crippen LogP contribution is 2.30. The number of nitrogens with zero attached hydrogens (tertiary/aromatic N) is 1. The number of urea groups is 2. The summed E-state index contributed by atoms with van der Waals surface area (Å²) < 4.78 is 0. The summed E-state index contributed by atoms with van der Waals surface area (Å²) in [6, 6.07) is 11.2. The number of amides is 6. The number of imide groups is 2. The van der Waals surface area contributed by atoms with Crippen LogP contribution in [0, 0.1) is 20.8 Å². The van der Waals surface area contributed by atoms with E-state index in [-0.39, 0.29) is 0 Å². The standard InChI is InChI=1S/C22H24N4O4/c1-13-9-7-11-17(15(13)3)23-20(29)24-18(27)12-26-19(28)22(4,25-21(26)30)16-10-6-5-8-14(16)2/h5-11H,12H2,1-4H3,(H,25,30)(H2,23,24,27,29). The molecule has 1 fully saturated rings. The Morgan fingerprint density at radius 2 is 1.67 bits per heavy atom. The zero-order chi connectivity index (χ0) is 22.1.